The van der Waals surface area contributed by atoms with Crippen molar-refractivity contribution in [2.24, 2.45) is 0 Å². The molecule has 0 N–H and O–H groups in total. The average Bonchev–Trinajstić information content (AvgIpc) is 3.19. The summed E-state index contributed by atoms with van der Waals surface area (Å²) in [6, 6.07) is 2.93. The highest BCUT2D eigenvalue weighted by Crippen LogP contribution is 2.39. The zero-order valence-electron chi connectivity index (χ0n) is 18.9. The van der Waals surface area contributed by atoms with E-state index in [1.807, 2.05) is 4.52 Å². The topological polar surface area (TPSA) is 60.5 Å². The van der Waals surface area contributed by atoms with Gasteiger partial charge in [0.15, 0.2) is 11.5 Å². The van der Waals surface area contributed by atoms with E-state index in [0.717, 1.165) is 36.7 Å². The predicted octanol–water partition coefficient (Wildman–Crippen LogP) is 3.64. The molecule has 6 heteroatoms. The molecule has 1 saturated heterocycles. The van der Waals surface area contributed by atoms with Crippen molar-refractivity contribution in [1.29, 1.82) is 5.26 Å². The van der Waals surface area contributed by atoms with Crippen LogP contribution in [0.5, 0.6) is 0 Å². The van der Waals surface area contributed by atoms with Crippen LogP contribution in [0.2, 0.25) is 0 Å². The maximum Gasteiger partial charge on any atom is 0.176 e. The molecule has 1 aliphatic heterocycles. The van der Waals surface area contributed by atoms with Crippen LogP contribution in [0.3, 0.4) is 0 Å². The second-order valence-electron chi connectivity index (χ2n) is 10.3. The zero-order valence-corrected chi connectivity index (χ0v) is 18.9. The molecule has 1 aliphatic rings. The van der Waals surface area contributed by atoms with E-state index >= 15 is 0 Å². The third kappa shape index (κ3) is 3.37. The number of pyridine rings is 1. The first-order valence-corrected chi connectivity index (χ1v) is 10.1. The summed E-state index contributed by atoms with van der Waals surface area (Å²) in [6.45, 7) is 17.0. The van der Waals surface area contributed by atoms with Gasteiger partial charge in [-0.3, -0.25) is 0 Å². The smallest absolute Gasteiger partial charge is 0.176 e. The van der Waals surface area contributed by atoms with E-state index in [1.54, 1.807) is 0 Å². The summed E-state index contributed by atoms with van der Waals surface area (Å²) < 4.78 is 1.95. The van der Waals surface area contributed by atoms with Gasteiger partial charge in [-0.15, -0.1) is 5.10 Å². The number of likely N-dealkylation sites (N-methyl/N-ethyl adjacent to an activating group) is 1. The molecule has 0 unspecified atom stereocenters. The molecule has 2 aromatic rings. The Bertz CT molecular complexity index is 933. The molecule has 0 spiro atoms. The van der Waals surface area contributed by atoms with Gasteiger partial charge in [0.1, 0.15) is 17.5 Å². The average molecular weight is 383 g/mol. The summed E-state index contributed by atoms with van der Waals surface area (Å²) in [5.41, 5.74) is 3.26. The van der Waals surface area contributed by atoms with Crippen LogP contribution < -0.4 is 4.90 Å². The van der Waals surface area contributed by atoms with Crippen molar-refractivity contribution in [3.8, 4) is 6.07 Å². The number of hydrogen-bond donors (Lipinski definition) is 0. The van der Waals surface area contributed by atoms with Crippen LogP contribution in [0.4, 0.5) is 5.82 Å². The summed E-state index contributed by atoms with van der Waals surface area (Å²) >= 11 is 0. The minimum atomic E-state index is -0.178. The molecule has 3 heterocycles. The second-order valence-corrected chi connectivity index (χ2v) is 10.3. The van der Waals surface area contributed by atoms with Gasteiger partial charge in [0.2, 0.25) is 0 Å². The Hall–Kier alpha value is -2.13. The molecule has 0 aliphatic carbocycles. The van der Waals surface area contributed by atoms with Gasteiger partial charge in [-0.05, 0) is 38.4 Å². The highest BCUT2D eigenvalue weighted by Gasteiger charge is 2.35. The van der Waals surface area contributed by atoms with Gasteiger partial charge >= 0.3 is 0 Å². The third-order valence-corrected chi connectivity index (χ3v) is 5.73. The Morgan fingerprint density at radius 2 is 1.75 bits per heavy atom. The van der Waals surface area contributed by atoms with Gasteiger partial charge in [0.05, 0.1) is 0 Å². The first kappa shape index (κ1) is 20.6. The van der Waals surface area contributed by atoms with Gasteiger partial charge in [-0.2, -0.15) is 9.78 Å². The number of hydrogen-bond acceptors (Lipinski definition) is 5. The number of aromatic nitrogens is 3. The minimum absolute atomic E-state index is 0.108. The fraction of sp³-hybridized carbons (Fsp3) is 0.682. The van der Waals surface area contributed by atoms with Crippen LogP contribution in [0.1, 0.15) is 70.5 Å². The summed E-state index contributed by atoms with van der Waals surface area (Å²) in [5.74, 6) is 1.88. The van der Waals surface area contributed by atoms with Crippen molar-refractivity contribution in [3.05, 3.63) is 22.5 Å². The van der Waals surface area contributed by atoms with E-state index in [0.29, 0.717) is 17.3 Å². The van der Waals surface area contributed by atoms with Gasteiger partial charge < -0.3 is 9.80 Å². The summed E-state index contributed by atoms with van der Waals surface area (Å²) in [7, 11) is 4.29. The number of fused-ring (bicyclic) bond motifs is 1. The van der Waals surface area contributed by atoms with E-state index in [2.05, 4.69) is 78.4 Å². The van der Waals surface area contributed by atoms with Crippen molar-refractivity contribution in [2.75, 3.05) is 32.1 Å². The Labute approximate surface area is 169 Å². The molecule has 3 rings (SSSR count). The second kappa shape index (κ2) is 6.73. The standard InChI is InChI=1S/C22H34N6/c1-14-16(12-23)18-24-20(22(5,6)7)25-28(18)19(17(14)21(2,3)4)27-11-10-15(13-27)26(8)9/h15H,10-11,13H2,1-9H3/t15-/m0/s1. The van der Waals surface area contributed by atoms with Gasteiger partial charge in [-0.25, -0.2) is 4.98 Å². The molecule has 152 valence electrons. The Morgan fingerprint density at radius 3 is 2.21 bits per heavy atom. The number of anilines is 1. The van der Waals surface area contributed by atoms with Crippen LogP contribution >= 0.6 is 0 Å². The van der Waals surface area contributed by atoms with Crippen molar-refractivity contribution < 1.29 is 0 Å². The highest BCUT2D eigenvalue weighted by molar-refractivity contribution is 5.70. The van der Waals surface area contributed by atoms with Crippen LogP contribution in [0.25, 0.3) is 5.65 Å². The van der Waals surface area contributed by atoms with Gasteiger partial charge in [0, 0.05) is 30.1 Å². The van der Waals surface area contributed by atoms with E-state index in [-0.39, 0.29) is 10.8 Å². The van der Waals surface area contributed by atoms with E-state index < -0.39 is 0 Å². The fourth-order valence-electron chi connectivity index (χ4n) is 4.19. The summed E-state index contributed by atoms with van der Waals surface area (Å²) in [6.07, 6.45) is 1.12. The van der Waals surface area contributed by atoms with Crippen LogP contribution in [-0.4, -0.2) is 52.7 Å². The molecule has 0 amide bonds. The fourth-order valence-corrected chi connectivity index (χ4v) is 4.19. The number of rotatable bonds is 2. The lowest BCUT2D eigenvalue weighted by atomic mass is 9.82. The third-order valence-electron chi connectivity index (χ3n) is 5.73. The largest absolute Gasteiger partial charge is 0.355 e. The van der Waals surface area contributed by atoms with Crippen molar-refractivity contribution in [1.82, 2.24) is 19.5 Å². The molecule has 0 saturated carbocycles. The predicted molar refractivity (Wildman–Crippen MR) is 114 cm³/mol. The Kier molecular flexibility index (Phi) is 4.95. The Morgan fingerprint density at radius 1 is 1.11 bits per heavy atom. The lowest BCUT2D eigenvalue weighted by Gasteiger charge is -2.31. The van der Waals surface area contributed by atoms with Crippen LogP contribution in [0.15, 0.2) is 0 Å². The van der Waals surface area contributed by atoms with Gasteiger partial charge in [0.25, 0.3) is 0 Å². The molecule has 2 aromatic heterocycles. The molecule has 0 radical (unpaired) electrons. The van der Waals surface area contributed by atoms with Crippen molar-refractivity contribution in [3.63, 3.8) is 0 Å². The normalized spacial score (nSPS) is 18.3. The monoisotopic (exact) mass is 382 g/mol. The quantitative estimate of drug-likeness (QED) is 0.793. The maximum atomic E-state index is 9.94. The summed E-state index contributed by atoms with van der Waals surface area (Å²) in [4.78, 5) is 9.55. The lowest BCUT2D eigenvalue weighted by molar-refractivity contribution is 0.315. The van der Waals surface area contributed by atoms with Crippen molar-refractivity contribution in [2.45, 2.75) is 71.8 Å². The molecule has 0 aromatic carbocycles. The molecular weight excluding hydrogens is 348 g/mol. The first-order valence-electron chi connectivity index (χ1n) is 10.1. The molecule has 6 nitrogen and oxygen atoms in total. The minimum Gasteiger partial charge on any atom is -0.355 e. The maximum absolute atomic E-state index is 9.94. The molecular formula is C22H34N6. The van der Waals surface area contributed by atoms with E-state index in [1.165, 1.54) is 5.56 Å². The highest BCUT2D eigenvalue weighted by atomic mass is 15.4. The number of nitrogens with zero attached hydrogens (tertiary/aromatic N) is 6. The Balaban J connectivity index is 2.36. The molecule has 28 heavy (non-hydrogen) atoms. The summed E-state index contributed by atoms with van der Waals surface area (Å²) in [5, 5.41) is 14.9. The van der Waals surface area contributed by atoms with Gasteiger partial charge in [-0.1, -0.05) is 41.5 Å². The van der Waals surface area contributed by atoms with E-state index in [9.17, 15) is 5.26 Å². The van der Waals surface area contributed by atoms with Crippen molar-refractivity contribution >= 4 is 11.5 Å². The first-order chi connectivity index (χ1) is 12.9. The van der Waals surface area contributed by atoms with Crippen LogP contribution in [0, 0.1) is 18.3 Å². The molecule has 1 fully saturated rings. The molecule has 0 bridgehead atoms. The van der Waals surface area contributed by atoms with E-state index in [4.69, 9.17) is 10.1 Å². The molecule has 1 atom stereocenters. The SMILES string of the molecule is Cc1c(C(C)(C)C)c(N2CC[C@H](N(C)C)C2)n2nc(C(C)(C)C)nc2c1C#N. The zero-order chi connectivity index (χ0) is 21.0. The lowest BCUT2D eigenvalue weighted by Crippen LogP contribution is -2.34. The van der Waals surface area contributed by atoms with Crippen LogP contribution in [-0.2, 0) is 10.8 Å². The number of nitriles is 1.